The number of pyridine rings is 1. The van der Waals surface area contributed by atoms with Crippen LogP contribution in [0.5, 0.6) is 0 Å². The smallest absolute Gasteiger partial charge is 0.224 e. The molecule has 2 saturated heterocycles. The Morgan fingerprint density at radius 1 is 1.08 bits per heavy atom. The summed E-state index contributed by atoms with van der Waals surface area (Å²) in [6, 6.07) is 4.05. The molecule has 0 aliphatic carbocycles. The van der Waals surface area contributed by atoms with Gasteiger partial charge in [0.2, 0.25) is 5.91 Å². The number of anilines is 1. The fourth-order valence-electron chi connectivity index (χ4n) is 3.82. The lowest BCUT2D eigenvalue weighted by Gasteiger charge is -2.33. The normalized spacial score (nSPS) is 22.8. The molecule has 0 unspecified atom stereocenters. The summed E-state index contributed by atoms with van der Waals surface area (Å²) in [5, 5.41) is 3.17. The zero-order chi connectivity index (χ0) is 16.6. The number of nitrogens with zero attached hydrogens (tertiary/aromatic N) is 3. The van der Waals surface area contributed by atoms with Gasteiger partial charge < -0.3 is 15.1 Å². The van der Waals surface area contributed by atoms with Gasteiger partial charge in [-0.25, -0.2) is 0 Å². The van der Waals surface area contributed by atoms with Crippen LogP contribution in [-0.2, 0) is 4.79 Å². The van der Waals surface area contributed by atoms with E-state index in [9.17, 15) is 4.79 Å². The maximum absolute atomic E-state index is 12.5. The molecule has 0 saturated carbocycles. The summed E-state index contributed by atoms with van der Waals surface area (Å²) in [7, 11) is 0. The molecule has 0 spiro atoms. The van der Waals surface area contributed by atoms with Crippen molar-refractivity contribution in [3.8, 4) is 0 Å². The first-order valence-corrected chi connectivity index (χ1v) is 9.48. The Labute approximate surface area is 145 Å². The lowest BCUT2D eigenvalue weighted by molar-refractivity contribution is -0.125. The van der Waals surface area contributed by atoms with Gasteiger partial charge in [-0.05, 0) is 50.9 Å². The third kappa shape index (κ3) is 4.94. The standard InChI is InChI=1S/C19H30N4O/c24-19(21-11-15-22-12-3-1-2-4-13-22)17-6-5-14-23(16-17)18-7-9-20-10-8-18/h7-10,17H,1-6,11-16H2,(H,21,24)/t17-/m0/s1. The highest BCUT2D eigenvalue weighted by atomic mass is 16.1. The van der Waals surface area contributed by atoms with Gasteiger partial charge in [0.15, 0.2) is 0 Å². The number of carbonyl (C=O) groups excluding carboxylic acids is 1. The number of hydrogen-bond acceptors (Lipinski definition) is 4. The molecule has 1 aromatic heterocycles. The fourth-order valence-corrected chi connectivity index (χ4v) is 3.82. The highest BCUT2D eigenvalue weighted by Gasteiger charge is 2.25. The quantitative estimate of drug-likeness (QED) is 0.900. The Morgan fingerprint density at radius 3 is 2.58 bits per heavy atom. The summed E-state index contributed by atoms with van der Waals surface area (Å²) in [6.45, 7) is 6.00. The monoisotopic (exact) mass is 330 g/mol. The number of likely N-dealkylation sites (tertiary alicyclic amines) is 1. The van der Waals surface area contributed by atoms with Gasteiger partial charge in [0.05, 0.1) is 5.92 Å². The van der Waals surface area contributed by atoms with Crippen LogP contribution >= 0.6 is 0 Å². The molecule has 5 nitrogen and oxygen atoms in total. The van der Waals surface area contributed by atoms with E-state index in [2.05, 4.69) is 20.1 Å². The summed E-state index contributed by atoms with van der Waals surface area (Å²) in [4.78, 5) is 21.4. The Balaban J connectivity index is 1.42. The molecule has 2 aliphatic rings. The van der Waals surface area contributed by atoms with E-state index in [0.29, 0.717) is 0 Å². The Bertz CT molecular complexity index is 499. The maximum atomic E-state index is 12.5. The topological polar surface area (TPSA) is 48.5 Å². The van der Waals surface area contributed by atoms with E-state index >= 15 is 0 Å². The van der Waals surface area contributed by atoms with Crippen LogP contribution < -0.4 is 10.2 Å². The Kier molecular flexibility index (Phi) is 6.47. The molecule has 5 heteroatoms. The lowest BCUT2D eigenvalue weighted by atomic mass is 9.96. The summed E-state index contributed by atoms with van der Waals surface area (Å²) in [6.07, 6.45) is 11.0. The molecule has 0 bridgehead atoms. The molecule has 1 N–H and O–H groups in total. The van der Waals surface area contributed by atoms with Gasteiger partial charge in [-0.1, -0.05) is 12.8 Å². The van der Waals surface area contributed by atoms with E-state index in [1.165, 1.54) is 44.5 Å². The van der Waals surface area contributed by atoms with Crippen molar-refractivity contribution in [2.75, 3.05) is 44.2 Å². The molecule has 1 atom stereocenters. The predicted octanol–water partition coefficient (Wildman–Crippen LogP) is 2.29. The Morgan fingerprint density at radius 2 is 1.83 bits per heavy atom. The van der Waals surface area contributed by atoms with Crippen molar-refractivity contribution in [2.24, 2.45) is 5.92 Å². The average molecular weight is 330 g/mol. The molecule has 0 radical (unpaired) electrons. The molecular formula is C19H30N4O. The number of rotatable bonds is 5. The van der Waals surface area contributed by atoms with Gasteiger partial charge in [0.1, 0.15) is 0 Å². The van der Waals surface area contributed by atoms with Crippen LogP contribution in [0.25, 0.3) is 0 Å². The minimum Gasteiger partial charge on any atom is -0.371 e. The molecule has 3 heterocycles. The van der Waals surface area contributed by atoms with Gasteiger partial charge in [-0.3, -0.25) is 9.78 Å². The van der Waals surface area contributed by atoms with Gasteiger partial charge in [-0.2, -0.15) is 0 Å². The van der Waals surface area contributed by atoms with Crippen molar-refractivity contribution in [1.29, 1.82) is 0 Å². The molecule has 3 rings (SSSR count). The number of hydrogen-bond donors (Lipinski definition) is 1. The first-order valence-electron chi connectivity index (χ1n) is 9.48. The minimum absolute atomic E-state index is 0.107. The molecule has 24 heavy (non-hydrogen) atoms. The van der Waals surface area contributed by atoms with E-state index < -0.39 is 0 Å². The van der Waals surface area contributed by atoms with E-state index in [1.54, 1.807) is 0 Å². The highest BCUT2D eigenvalue weighted by molar-refractivity contribution is 5.79. The van der Waals surface area contributed by atoms with Gasteiger partial charge >= 0.3 is 0 Å². The van der Waals surface area contributed by atoms with Crippen molar-refractivity contribution in [3.63, 3.8) is 0 Å². The van der Waals surface area contributed by atoms with Crippen LogP contribution in [0.1, 0.15) is 38.5 Å². The zero-order valence-corrected chi connectivity index (χ0v) is 14.6. The molecule has 1 amide bonds. The van der Waals surface area contributed by atoms with Crippen LogP contribution in [0.2, 0.25) is 0 Å². The Hall–Kier alpha value is -1.62. The maximum Gasteiger partial charge on any atom is 0.224 e. The molecular weight excluding hydrogens is 300 g/mol. The second-order valence-corrected chi connectivity index (χ2v) is 7.04. The fraction of sp³-hybridized carbons (Fsp3) is 0.684. The summed E-state index contributed by atoms with van der Waals surface area (Å²) >= 11 is 0. The van der Waals surface area contributed by atoms with Crippen LogP contribution in [0.15, 0.2) is 24.5 Å². The van der Waals surface area contributed by atoms with Crippen molar-refractivity contribution >= 4 is 11.6 Å². The first-order chi connectivity index (χ1) is 11.8. The first kappa shape index (κ1) is 17.2. The summed E-state index contributed by atoms with van der Waals surface area (Å²) in [5.74, 6) is 0.333. The van der Waals surface area contributed by atoms with Gasteiger partial charge in [-0.15, -0.1) is 0 Å². The summed E-state index contributed by atoms with van der Waals surface area (Å²) in [5.41, 5.74) is 1.17. The summed E-state index contributed by atoms with van der Waals surface area (Å²) < 4.78 is 0. The van der Waals surface area contributed by atoms with Gasteiger partial charge in [0.25, 0.3) is 0 Å². The van der Waals surface area contributed by atoms with E-state index in [0.717, 1.165) is 39.0 Å². The van der Waals surface area contributed by atoms with Crippen molar-refractivity contribution in [2.45, 2.75) is 38.5 Å². The van der Waals surface area contributed by atoms with E-state index in [1.807, 2.05) is 24.5 Å². The highest BCUT2D eigenvalue weighted by Crippen LogP contribution is 2.22. The van der Waals surface area contributed by atoms with E-state index in [-0.39, 0.29) is 11.8 Å². The van der Waals surface area contributed by atoms with E-state index in [4.69, 9.17) is 0 Å². The predicted molar refractivity (Wildman–Crippen MR) is 97.1 cm³/mol. The number of aromatic nitrogens is 1. The second kappa shape index (κ2) is 9.02. The van der Waals surface area contributed by atoms with Crippen LogP contribution in [0, 0.1) is 5.92 Å². The second-order valence-electron chi connectivity index (χ2n) is 7.04. The molecule has 132 valence electrons. The van der Waals surface area contributed by atoms with Crippen molar-refractivity contribution < 1.29 is 4.79 Å². The minimum atomic E-state index is 0.107. The number of nitrogens with one attached hydrogen (secondary N) is 1. The number of piperidine rings is 1. The number of amides is 1. The number of carbonyl (C=O) groups is 1. The SMILES string of the molecule is O=C(NCCN1CCCCCC1)[C@H]1CCCN(c2ccncc2)C1. The van der Waals surface area contributed by atoms with Crippen LogP contribution in [-0.4, -0.2) is 55.1 Å². The largest absolute Gasteiger partial charge is 0.371 e. The lowest BCUT2D eigenvalue weighted by Crippen LogP contribution is -2.44. The third-order valence-corrected chi connectivity index (χ3v) is 5.25. The zero-order valence-electron chi connectivity index (χ0n) is 14.6. The molecule has 0 aromatic carbocycles. The van der Waals surface area contributed by atoms with Gasteiger partial charge in [0, 0.05) is 44.3 Å². The van der Waals surface area contributed by atoms with Crippen molar-refractivity contribution in [3.05, 3.63) is 24.5 Å². The van der Waals surface area contributed by atoms with Crippen molar-refractivity contribution in [1.82, 2.24) is 15.2 Å². The molecule has 1 aromatic rings. The molecule has 2 aliphatic heterocycles. The van der Waals surface area contributed by atoms with Crippen LogP contribution in [0.4, 0.5) is 5.69 Å². The average Bonchev–Trinajstić information content (AvgIpc) is 2.91. The third-order valence-electron chi connectivity index (χ3n) is 5.25. The van der Waals surface area contributed by atoms with Crippen LogP contribution in [0.3, 0.4) is 0 Å². The molecule has 2 fully saturated rings.